The van der Waals surface area contributed by atoms with Gasteiger partial charge in [-0.15, -0.1) is 5.10 Å². The van der Waals surface area contributed by atoms with Crippen LogP contribution in [0.15, 0.2) is 36.7 Å². The Kier molecular flexibility index (Phi) is 4.93. The fourth-order valence-electron chi connectivity index (χ4n) is 2.34. The Morgan fingerprint density at radius 2 is 1.96 bits per heavy atom. The number of benzene rings is 1. The number of rotatable bonds is 5. The first-order chi connectivity index (χ1) is 12.7. The molecular formula is C16H14F4N6O. The maximum absolute atomic E-state index is 13.6. The molecule has 0 saturated heterocycles. The third-order valence-corrected chi connectivity index (χ3v) is 3.64. The molecule has 27 heavy (non-hydrogen) atoms. The van der Waals surface area contributed by atoms with Gasteiger partial charge in [0.05, 0.1) is 6.54 Å². The highest BCUT2D eigenvalue weighted by Gasteiger charge is 2.34. The summed E-state index contributed by atoms with van der Waals surface area (Å²) >= 11 is 0. The van der Waals surface area contributed by atoms with Crippen molar-refractivity contribution in [3.63, 3.8) is 0 Å². The van der Waals surface area contributed by atoms with E-state index in [1.807, 2.05) is 0 Å². The van der Waals surface area contributed by atoms with Gasteiger partial charge in [0, 0.05) is 11.3 Å². The molecule has 1 N–H and O–H groups in total. The molecule has 2 heterocycles. The van der Waals surface area contributed by atoms with Gasteiger partial charge in [0.25, 0.3) is 0 Å². The summed E-state index contributed by atoms with van der Waals surface area (Å²) in [5, 5.41) is 9.74. The van der Waals surface area contributed by atoms with E-state index in [0.29, 0.717) is 5.56 Å². The third-order valence-electron chi connectivity index (χ3n) is 3.64. The Labute approximate surface area is 150 Å². The van der Waals surface area contributed by atoms with Crippen molar-refractivity contribution in [3.8, 4) is 0 Å². The van der Waals surface area contributed by atoms with Crippen LogP contribution in [0.1, 0.15) is 17.0 Å². The number of nitrogens with one attached hydrogen (secondary N) is 1. The van der Waals surface area contributed by atoms with E-state index in [-0.39, 0.29) is 18.2 Å². The number of carbonyl (C=O) groups is 1. The summed E-state index contributed by atoms with van der Waals surface area (Å²) in [4.78, 5) is 15.9. The van der Waals surface area contributed by atoms with Crippen molar-refractivity contribution in [2.24, 2.45) is 0 Å². The zero-order chi connectivity index (χ0) is 19.6. The normalized spacial score (nSPS) is 11.6. The van der Waals surface area contributed by atoms with Crippen molar-refractivity contribution in [2.45, 2.75) is 26.2 Å². The van der Waals surface area contributed by atoms with Gasteiger partial charge in [0.2, 0.25) is 11.9 Å². The highest BCUT2D eigenvalue weighted by Crippen LogP contribution is 2.28. The maximum Gasteiger partial charge on any atom is 0.435 e. The molecule has 0 radical (unpaired) electrons. The molecule has 0 spiro atoms. The van der Waals surface area contributed by atoms with Gasteiger partial charge in [-0.2, -0.15) is 18.3 Å². The number of aryl methyl sites for hydroxylation is 1. The predicted octanol–water partition coefficient (Wildman–Crippen LogP) is 2.63. The minimum absolute atomic E-state index is 0.0443. The number of aromatic nitrogens is 5. The van der Waals surface area contributed by atoms with E-state index in [2.05, 4.69) is 20.5 Å². The Morgan fingerprint density at radius 3 is 2.63 bits per heavy atom. The molecule has 3 rings (SSSR count). The maximum atomic E-state index is 13.6. The first kappa shape index (κ1) is 18.5. The molecule has 2 aromatic heterocycles. The van der Waals surface area contributed by atoms with Gasteiger partial charge in [-0.1, -0.05) is 18.2 Å². The molecule has 0 aliphatic carbocycles. The Balaban J connectivity index is 1.63. The molecule has 7 nitrogen and oxygen atoms in total. The van der Waals surface area contributed by atoms with Crippen LogP contribution in [0, 0.1) is 12.7 Å². The van der Waals surface area contributed by atoms with Gasteiger partial charge < -0.3 is 0 Å². The quantitative estimate of drug-likeness (QED) is 0.689. The van der Waals surface area contributed by atoms with Crippen LogP contribution >= 0.6 is 0 Å². The fraction of sp³-hybridized carbons (Fsp3) is 0.250. The van der Waals surface area contributed by atoms with Gasteiger partial charge in [0.15, 0.2) is 5.69 Å². The lowest BCUT2D eigenvalue weighted by Crippen LogP contribution is -2.21. The number of nitrogens with zero attached hydrogens (tertiary/aromatic N) is 5. The predicted molar refractivity (Wildman–Crippen MR) is 86.1 cm³/mol. The van der Waals surface area contributed by atoms with Gasteiger partial charge in [-0.05, 0) is 19.1 Å². The van der Waals surface area contributed by atoms with Crippen LogP contribution in [0.3, 0.4) is 0 Å². The fourth-order valence-corrected chi connectivity index (χ4v) is 2.34. The van der Waals surface area contributed by atoms with Crippen molar-refractivity contribution in [1.82, 2.24) is 24.5 Å². The molecule has 0 saturated carbocycles. The number of amides is 1. The number of hydrogen-bond acceptors (Lipinski definition) is 4. The number of halogens is 4. The molecule has 11 heteroatoms. The molecule has 0 aliphatic rings. The number of carbonyl (C=O) groups excluding carboxylic acids is 1. The van der Waals surface area contributed by atoms with Crippen LogP contribution in [0.5, 0.6) is 0 Å². The number of alkyl halides is 3. The highest BCUT2D eigenvalue weighted by molar-refractivity contribution is 5.88. The van der Waals surface area contributed by atoms with E-state index >= 15 is 0 Å². The monoisotopic (exact) mass is 382 g/mol. The minimum atomic E-state index is -4.58. The van der Waals surface area contributed by atoms with Crippen molar-refractivity contribution in [1.29, 1.82) is 0 Å². The second-order valence-corrected chi connectivity index (χ2v) is 5.73. The van der Waals surface area contributed by atoms with E-state index in [9.17, 15) is 22.4 Å². The van der Waals surface area contributed by atoms with E-state index in [1.54, 1.807) is 18.2 Å². The lowest BCUT2D eigenvalue weighted by Gasteiger charge is -2.05. The molecule has 142 valence electrons. The van der Waals surface area contributed by atoms with Crippen LogP contribution in [0.25, 0.3) is 0 Å². The summed E-state index contributed by atoms with van der Waals surface area (Å²) in [6.45, 7) is 1.10. The van der Waals surface area contributed by atoms with Gasteiger partial charge in [0.1, 0.15) is 18.7 Å². The Morgan fingerprint density at radius 1 is 1.22 bits per heavy atom. The summed E-state index contributed by atoms with van der Waals surface area (Å²) in [6, 6.07) is 7.01. The van der Waals surface area contributed by atoms with Gasteiger partial charge in [-0.25, -0.2) is 14.1 Å². The molecular weight excluding hydrogens is 368 g/mol. The molecule has 0 atom stereocenters. The minimum Gasteiger partial charge on any atom is -0.292 e. The molecule has 1 amide bonds. The smallest absolute Gasteiger partial charge is 0.292 e. The summed E-state index contributed by atoms with van der Waals surface area (Å²) in [5.74, 6) is -1.08. The standard InChI is InChI=1S/C16H14F4N6O/c1-10-6-13(16(18,19)20)23-26(10)8-14(27)22-15-21-9-25(24-15)7-11-4-2-3-5-12(11)17/h2-6,9H,7-8H2,1H3,(H,22,24,27). The second kappa shape index (κ2) is 7.17. The zero-order valence-corrected chi connectivity index (χ0v) is 14.0. The average molecular weight is 382 g/mol. The largest absolute Gasteiger partial charge is 0.435 e. The van der Waals surface area contributed by atoms with E-state index < -0.39 is 30.1 Å². The van der Waals surface area contributed by atoms with Crippen molar-refractivity contribution >= 4 is 11.9 Å². The number of anilines is 1. The van der Waals surface area contributed by atoms with Crippen LogP contribution in [-0.2, 0) is 24.1 Å². The van der Waals surface area contributed by atoms with Crippen LogP contribution in [0.4, 0.5) is 23.5 Å². The van der Waals surface area contributed by atoms with E-state index in [0.717, 1.165) is 10.7 Å². The first-order valence-corrected chi connectivity index (χ1v) is 7.77. The van der Waals surface area contributed by atoms with Gasteiger partial charge >= 0.3 is 6.18 Å². The topological polar surface area (TPSA) is 77.6 Å². The summed E-state index contributed by atoms with van der Waals surface area (Å²) in [7, 11) is 0. The molecule has 0 unspecified atom stereocenters. The molecule has 1 aromatic carbocycles. The molecule has 3 aromatic rings. The van der Waals surface area contributed by atoms with E-state index in [4.69, 9.17) is 0 Å². The van der Waals surface area contributed by atoms with Gasteiger partial charge in [-0.3, -0.25) is 14.8 Å². The summed E-state index contributed by atoms with van der Waals surface area (Å²) < 4.78 is 53.9. The zero-order valence-electron chi connectivity index (χ0n) is 14.0. The SMILES string of the molecule is Cc1cc(C(F)(F)F)nn1CC(=O)Nc1ncn(Cc2ccccc2F)n1. The van der Waals surface area contributed by atoms with E-state index in [1.165, 1.54) is 24.0 Å². The van der Waals surface area contributed by atoms with Crippen LogP contribution < -0.4 is 5.32 Å². The van der Waals surface area contributed by atoms with Crippen LogP contribution in [-0.4, -0.2) is 30.5 Å². The Hall–Kier alpha value is -3.24. The first-order valence-electron chi connectivity index (χ1n) is 7.77. The van der Waals surface area contributed by atoms with Crippen LogP contribution in [0.2, 0.25) is 0 Å². The lowest BCUT2D eigenvalue weighted by molar-refractivity contribution is -0.141. The lowest BCUT2D eigenvalue weighted by atomic mass is 10.2. The third kappa shape index (κ3) is 4.49. The highest BCUT2D eigenvalue weighted by atomic mass is 19.4. The van der Waals surface area contributed by atoms with Crippen molar-refractivity contribution in [3.05, 3.63) is 59.4 Å². The number of hydrogen-bond donors (Lipinski definition) is 1. The molecule has 0 bridgehead atoms. The second-order valence-electron chi connectivity index (χ2n) is 5.73. The van der Waals surface area contributed by atoms with Crippen molar-refractivity contribution < 1.29 is 22.4 Å². The molecule has 0 aliphatic heterocycles. The van der Waals surface area contributed by atoms with Crippen molar-refractivity contribution in [2.75, 3.05) is 5.32 Å². The average Bonchev–Trinajstić information content (AvgIpc) is 3.16. The summed E-state index contributed by atoms with van der Waals surface area (Å²) in [6.07, 6.45) is -3.28. The molecule has 0 fully saturated rings. The summed E-state index contributed by atoms with van der Waals surface area (Å²) in [5.41, 5.74) is -0.484. The Bertz CT molecular complexity index is 962.